The molecule has 0 fully saturated rings. The summed E-state index contributed by atoms with van der Waals surface area (Å²) in [7, 11) is 3.14. The fraction of sp³-hybridized carbons (Fsp3) is 0.259. The van der Waals surface area contributed by atoms with Crippen molar-refractivity contribution in [1.29, 1.82) is 0 Å². The van der Waals surface area contributed by atoms with Crippen LogP contribution in [0, 0.1) is 0 Å². The third-order valence-corrected chi connectivity index (χ3v) is 5.28. The molecule has 0 N–H and O–H groups in total. The van der Waals surface area contributed by atoms with Crippen LogP contribution in [0.15, 0.2) is 72.8 Å². The maximum atomic E-state index is 13.4. The van der Waals surface area contributed by atoms with Gasteiger partial charge in [-0.15, -0.1) is 0 Å². The predicted molar refractivity (Wildman–Crippen MR) is 130 cm³/mol. The quantitative estimate of drug-likeness (QED) is 0.392. The minimum atomic E-state index is -0.923. The van der Waals surface area contributed by atoms with Crippen molar-refractivity contribution in [1.82, 2.24) is 0 Å². The summed E-state index contributed by atoms with van der Waals surface area (Å²) in [6, 6.07) is 21.1. The molecule has 1 atom stereocenters. The highest BCUT2D eigenvalue weighted by Crippen LogP contribution is 2.39. The summed E-state index contributed by atoms with van der Waals surface area (Å²) in [6.45, 7) is 3.60. The molecule has 34 heavy (non-hydrogen) atoms. The summed E-state index contributed by atoms with van der Waals surface area (Å²) in [5.74, 6) is 0.668. The maximum Gasteiger partial charge on any atom is 0.415 e. The van der Waals surface area contributed by atoms with Gasteiger partial charge in [0.2, 0.25) is 0 Å². The van der Waals surface area contributed by atoms with Crippen molar-refractivity contribution in [3.8, 4) is 22.6 Å². The number of ether oxygens (including phenoxy) is 4. The summed E-state index contributed by atoms with van der Waals surface area (Å²) in [5, 5.41) is 0. The molecule has 0 aliphatic rings. The number of hydrogen-bond acceptors (Lipinski definition) is 6. The molecule has 0 saturated carbocycles. The van der Waals surface area contributed by atoms with E-state index in [1.165, 1.54) is 4.90 Å². The van der Waals surface area contributed by atoms with E-state index in [1.54, 1.807) is 46.3 Å². The first-order valence-electron chi connectivity index (χ1n) is 11.0. The highest BCUT2D eigenvalue weighted by molar-refractivity contribution is 6.00. The van der Waals surface area contributed by atoms with Crippen LogP contribution in [0.4, 0.5) is 10.5 Å². The zero-order valence-corrected chi connectivity index (χ0v) is 19.8. The Morgan fingerprint density at radius 1 is 0.853 bits per heavy atom. The van der Waals surface area contributed by atoms with Crippen LogP contribution in [0.1, 0.15) is 19.4 Å². The number of esters is 1. The SMILES string of the molecule is CCOC(=O)[C@H](C)N(C(=O)OCc1ccccc1)c1ccccc1-c1ccc(OC)cc1OC. The van der Waals surface area contributed by atoms with Crippen LogP contribution in [0.2, 0.25) is 0 Å². The van der Waals surface area contributed by atoms with Crippen LogP contribution in [0.3, 0.4) is 0 Å². The van der Waals surface area contributed by atoms with Crippen LogP contribution < -0.4 is 14.4 Å². The van der Waals surface area contributed by atoms with Gasteiger partial charge in [-0.05, 0) is 37.6 Å². The summed E-state index contributed by atoms with van der Waals surface area (Å²) in [4.78, 5) is 27.3. The molecule has 0 saturated heterocycles. The lowest BCUT2D eigenvalue weighted by Crippen LogP contribution is -2.45. The molecular weight excluding hydrogens is 434 g/mol. The minimum absolute atomic E-state index is 0.0692. The van der Waals surface area contributed by atoms with Gasteiger partial charge >= 0.3 is 12.1 Å². The van der Waals surface area contributed by atoms with Crippen molar-refractivity contribution >= 4 is 17.7 Å². The molecule has 0 aliphatic carbocycles. The normalized spacial score (nSPS) is 11.3. The molecule has 3 aromatic rings. The summed E-state index contributed by atoms with van der Waals surface area (Å²) >= 11 is 0. The van der Waals surface area contributed by atoms with Gasteiger partial charge in [-0.3, -0.25) is 4.90 Å². The Morgan fingerprint density at radius 2 is 1.56 bits per heavy atom. The van der Waals surface area contributed by atoms with Crippen molar-refractivity contribution in [3.05, 3.63) is 78.4 Å². The molecular formula is C27H29NO6. The monoisotopic (exact) mass is 463 g/mol. The smallest absolute Gasteiger partial charge is 0.415 e. The van der Waals surface area contributed by atoms with E-state index in [-0.39, 0.29) is 13.2 Å². The molecule has 0 aromatic heterocycles. The van der Waals surface area contributed by atoms with E-state index in [2.05, 4.69) is 0 Å². The molecule has 0 heterocycles. The van der Waals surface area contributed by atoms with Crippen molar-refractivity contribution in [2.75, 3.05) is 25.7 Å². The number of amides is 1. The number of para-hydroxylation sites is 1. The topological polar surface area (TPSA) is 74.3 Å². The highest BCUT2D eigenvalue weighted by Gasteiger charge is 2.32. The Kier molecular flexibility index (Phi) is 8.51. The van der Waals surface area contributed by atoms with E-state index >= 15 is 0 Å². The maximum absolute atomic E-state index is 13.4. The lowest BCUT2D eigenvalue weighted by Gasteiger charge is -2.29. The molecule has 3 aromatic carbocycles. The third kappa shape index (κ3) is 5.67. The van der Waals surface area contributed by atoms with E-state index in [4.69, 9.17) is 18.9 Å². The molecule has 0 unspecified atom stereocenters. The Morgan fingerprint density at radius 3 is 2.24 bits per heavy atom. The first-order chi connectivity index (χ1) is 16.5. The van der Waals surface area contributed by atoms with E-state index in [9.17, 15) is 9.59 Å². The van der Waals surface area contributed by atoms with E-state index in [0.29, 0.717) is 22.7 Å². The molecule has 1 amide bonds. The fourth-order valence-electron chi connectivity index (χ4n) is 3.55. The molecule has 0 spiro atoms. The number of rotatable bonds is 9. The van der Waals surface area contributed by atoms with Crippen LogP contribution in [0.5, 0.6) is 11.5 Å². The standard InChI is InChI=1S/C27H29NO6/c1-5-33-26(29)19(2)28(27(30)34-18-20-11-7-6-8-12-20)24-14-10-9-13-22(24)23-16-15-21(31-3)17-25(23)32-4/h6-17,19H,5,18H2,1-4H3/t19-/m0/s1. The number of carbonyl (C=O) groups is 2. The lowest BCUT2D eigenvalue weighted by molar-refractivity contribution is -0.144. The number of carbonyl (C=O) groups excluding carboxylic acids is 2. The highest BCUT2D eigenvalue weighted by atomic mass is 16.6. The number of nitrogens with zero attached hydrogens (tertiary/aromatic N) is 1. The molecule has 0 aliphatic heterocycles. The predicted octanol–water partition coefficient (Wildman–Crippen LogP) is 5.47. The van der Waals surface area contributed by atoms with Crippen molar-refractivity contribution in [2.24, 2.45) is 0 Å². The Labute approximate surface area is 199 Å². The molecule has 3 rings (SSSR count). The van der Waals surface area contributed by atoms with Gasteiger partial charge in [0.15, 0.2) is 0 Å². The second kappa shape index (κ2) is 11.7. The summed E-state index contributed by atoms with van der Waals surface area (Å²) in [5.41, 5.74) is 2.75. The van der Waals surface area contributed by atoms with Crippen LogP contribution in [0.25, 0.3) is 11.1 Å². The average Bonchev–Trinajstić information content (AvgIpc) is 2.88. The second-order valence-electron chi connectivity index (χ2n) is 7.42. The largest absolute Gasteiger partial charge is 0.497 e. The van der Waals surface area contributed by atoms with E-state index < -0.39 is 18.1 Å². The average molecular weight is 464 g/mol. The molecule has 7 heteroatoms. The van der Waals surface area contributed by atoms with Gasteiger partial charge in [0.25, 0.3) is 0 Å². The van der Waals surface area contributed by atoms with Gasteiger partial charge in [-0.25, -0.2) is 9.59 Å². The van der Waals surface area contributed by atoms with Gasteiger partial charge in [0.05, 0.1) is 26.5 Å². The van der Waals surface area contributed by atoms with Crippen LogP contribution in [-0.4, -0.2) is 38.9 Å². The molecule has 0 radical (unpaired) electrons. The van der Waals surface area contributed by atoms with Gasteiger partial charge in [-0.1, -0.05) is 48.5 Å². The fourth-order valence-corrected chi connectivity index (χ4v) is 3.55. The molecule has 0 bridgehead atoms. The molecule has 178 valence electrons. The number of anilines is 1. The van der Waals surface area contributed by atoms with Crippen LogP contribution in [-0.2, 0) is 20.9 Å². The number of benzene rings is 3. The van der Waals surface area contributed by atoms with Crippen molar-refractivity contribution in [3.63, 3.8) is 0 Å². The minimum Gasteiger partial charge on any atom is -0.497 e. The van der Waals surface area contributed by atoms with Gasteiger partial charge < -0.3 is 18.9 Å². The first kappa shape index (κ1) is 24.6. The Balaban J connectivity index is 2.04. The molecule has 7 nitrogen and oxygen atoms in total. The first-order valence-corrected chi connectivity index (χ1v) is 11.0. The number of methoxy groups -OCH3 is 2. The van der Waals surface area contributed by atoms with E-state index in [0.717, 1.165) is 11.1 Å². The van der Waals surface area contributed by atoms with Gasteiger partial charge in [0.1, 0.15) is 24.1 Å². The zero-order valence-electron chi connectivity index (χ0n) is 19.8. The second-order valence-corrected chi connectivity index (χ2v) is 7.42. The van der Waals surface area contributed by atoms with Crippen molar-refractivity contribution < 1.29 is 28.5 Å². The van der Waals surface area contributed by atoms with Crippen molar-refractivity contribution in [2.45, 2.75) is 26.5 Å². The Bertz CT molecular complexity index is 1120. The van der Waals surface area contributed by atoms with Gasteiger partial charge in [-0.2, -0.15) is 0 Å². The Hall–Kier alpha value is -4.00. The zero-order chi connectivity index (χ0) is 24.5. The van der Waals surface area contributed by atoms with Gasteiger partial charge in [0, 0.05) is 17.2 Å². The lowest BCUT2D eigenvalue weighted by atomic mass is 10.0. The third-order valence-electron chi connectivity index (χ3n) is 5.28. The number of hydrogen-bond donors (Lipinski definition) is 0. The summed E-state index contributed by atoms with van der Waals surface area (Å²) in [6.07, 6.45) is -0.663. The van der Waals surface area contributed by atoms with Crippen LogP contribution >= 0.6 is 0 Å². The summed E-state index contributed by atoms with van der Waals surface area (Å²) < 4.78 is 21.7. The van der Waals surface area contributed by atoms with E-state index in [1.807, 2.05) is 54.6 Å².